The Bertz CT molecular complexity index is 1160. The Morgan fingerprint density at radius 1 is 1.16 bits per heavy atom. The first-order chi connectivity index (χ1) is 12.2. The highest BCUT2D eigenvalue weighted by Gasteiger charge is 2.14. The van der Waals surface area contributed by atoms with E-state index in [-0.39, 0.29) is 5.91 Å². The van der Waals surface area contributed by atoms with E-state index >= 15 is 0 Å². The highest BCUT2D eigenvalue weighted by atomic mass is 32.2. The molecule has 0 aliphatic carbocycles. The number of nitriles is 1. The van der Waals surface area contributed by atoms with Crippen LogP contribution < -0.4 is 5.32 Å². The van der Waals surface area contributed by atoms with Gasteiger partial charge in [0.05, 0.1) is 32.1 Å². The van der Waals surface area contributed by atoms with E-state index in [1.165, 1.54) is 11.3 Å². The van der Waals surface area contributed by atoms with Gasteiger partial charge in [-0.2, -0.15) is 5.26 Å². The molecule has 0 aliphatic heterocycles. The minimum absolute atomic E-state index is 0.276. The maximum absolute atomic E-state index is 12.4. The minimum Gasteiger partial charge on any atom is -0.298 e. The van der Waals surface area contributed by atoms with Crippen molar-refractivity contribution in [1.29, 1.82) is 5.26 Å². The van der Waals surface area contributed by atoms with Gasteiger partial charge in [0, 0.05) is 5.56 Å². The fraction of sp³-hybridized carbons (Fsp3) is 0.0588. The predicted octanol–water partition coefficient (Wildman–Crippen LogP) is 4.75. The topological polar surface area (TPSA) is 78.7 Å². The number of nitrogens with one attached hydrogen (secondary N) is 1. The highest BCUT2D eigenvalue weighted by Crippen LogP contribution is 2.38. The Balaban J connectivity index is 1.69. The molecule has 1 amide bonds. The Labute approximate surface area is 155 Å². The van der Waals surface area contributed by atoms with Gasteiger partial charge in [0.1, 0.15) is 0 Å². The molecule has 0 radical (unpaired) electrons. The summed E-state index contributed by atoms with van der Waals surface area (Å²) in [7, 11) is 0. The number of fused-ring (bicyclic) bond motifs is 3. The number of carbonyl (C=O) groups is 1. The van der Waals surface area contributed by atoms with Crippen molar-refractivity contribution in [2.45, 2.75) is 4.34 Å². The lowest BCUT2D eigenvalue weighted by molar-refractivity contribution is 0.102. The van der Waals surface area contributed by atoms with Crippen molar-refractivity contribution in [3.8, 4) is 6.07 Å². The van der Waals surface area contributed by atoms with E-state index in [4.69, 9.17) is 5.26 Å². The summed E-state index contributed by atoms with van der Waals surface area (Å²) in [4.78, 5) is 21.5. The number of rotatable bonds is 3. The number of amides is 1. The van der Waals surface area contributed by atoms with Crippen molar-refractivity contribution >= 4 is 65.9 Å². The zero-order valence-electron chi connectivity index (χ0n) is 12.9. The number of carbonyl (C=O) groups excluding carboxylic acids is 1. The highest BCUT2D eigenvalue weighted by molar-refractivity contribution is 8.00. The summed E-state index contributed by atoms with van der Waals surface area (Å²) in [5, 5.41) is 12.3. The molecule has 122 valence electrons. The van der Waals surface area contributed by atoms with Crippen LogP contribution in [0.15, 0.2) is 40.7 Å². The van der Waals surface area contributed by atoms with Crippen LogP contribution in [0.2, 0.25) is 0 Å². The monoisotopic (exact) mass is 382 g/mol. The van der Waals surface area contributed by atoms with Gasteiger partial charge in [-0.3, -0.25) is 10.1 Å². The maximum atomic E-state index is 12.4. The Kier molecular flexibility index (Phi) is 4.13. The smallest absolute Gasteiger partial charge is 0.257 e. The SMILES string of the molecule is CSc1nc2ccc3nc(NC(=O)c4cccc(C#N)c4)sc3c2s1. The van der Waals surface area contributed by atoms with Gasteiger partial charge in [-0.25, -0.2) is 9.97 Å². The summed E-state index contributed by atoms with van der Waals surface area (Å²) in [6.07, 6.45) is 2.00. The molecule has 4 aromatic rings. The third-order valence-electron chi connectivity index (χ3n) is 3.54. The second kappa shape index (κ2) is 6.44. The molecule has 5 nitrogen and oxygen atoms in total. The molecule has 0 bridgehead atoms. The minimum atomic E-state index is -0.276. The third-order valence-corrected chi connectivity index (χ3v) is 6.75. The molecular formula is C17H10N4OS3. The Morgan fingerprint density at radius 3 is 2.68 bits per heavy atom. The number of benzene rings is 2. The molecule has 2 heterocycles. The van der Waals surface area contributed by atoms with Crippen molar-refractivity contribution in [2.24, 2.45) is 0 Å². The standard InChI is InChI=1S/C17H10N4OS3/c1-23-17-20-12-6-5-11-13(14(12)25-17)24-16(19-11)21-15(22)10-4-2-3-9(7-10)8-18/h2-7H,1H3,(H,19,21,22). The zero-order valence-corrected chi connectivity index (χ0v) is 15.4. The van der Waals surface area contributed by atoms with Crippen LogP contribution in [0.4, 0.5) is 5.13 Å². The fourth-order valence-electron chi connectivity index (χ4n) is 2.39. The number of anilines is 1. The number of aromatic nitrogens is 2. The van der Waals surface area contributed by atoms with Crippen molar-refractivity contribution in [3.63, 3.8) is 0 Å². The second-order valence-corrected chi connectivity index (χ2v) is 8.16. The molecule has 8 heteroatoms. The van der Waals surface area contributed by atoms with Gasteiger partial charge >= 0.3 is 0 Å². The number of thioether (sulfide) groups is 1. The zero-order chi connectivity index (χ0) is 17.4. The van der Waals surface area contributed by atoms with Gasteiger partial charge in [-0.05, 0) is 36.6 Å². The van der Waals surface area contributed by atoms with Crippen molar-refractivity contribution < 1.29 is 4.79 Å². The molecule has 0 saturated carbocycles. The average molecular weight is 382 g/mol. The molecule has 2 aromatic heterocycles. The van der Waals surface area contributed by atoms with E-state index in [0.717, 1.165) is 24.8 Å². The average Bonchev–Trinajstić information content (AvgIpc) is 3.24. The third kappa shape index (κ3) is 2.98. The fourth-order valence-corrected chi connectivity index (χ4v) is 5.05. The quantitative estimate of drug-likeness (QED) is 0.517. The Hall–Kier alpha value is -2.47. The molecule has 0 fully saturated rings. The molecular weight excluding hydrogens is 372 g/mol. The molecule has 25 heavy (non-hydrogen) atoms. The van der Waals surface area contributed by atoms with Gasteiger partial charge in [0.25, 0.3) is 5.91 Å². The van der Waals surface area contributed by atoms with Crippen LogP contribution in [-0.4, -0.2) is 22.1 Å². The van der Waals surface area contributed by atoms with E-state index in [0.29, 0.717) is 16.3 Å². The molecule has 0 unspecified atom stereocenters. The molecule has 4 rings (SSSR count). The predicted molar refractivity (Wildman–Crippen MR) is 104 cm³/mol. The number of thiazole rings is 2. The lowest BCUT2D eigenvalue weighted by Crippen LogP contribution is -2.11. The lowest BCUT2D eigenvalue weighted by Gasteiger charge is -2.01. The number of hydrogen-bond donors (Lipinski definition) is 1. The first-order valence-corrected chi connectivity index (χ1v) is 10.1. The summed E-state index contributed by atoms with van der Waals surface area (Å²) in [5.41, 5.74) is 2.68. The number of hydrogen-bond acceptors (Lipinski definition) is 7. The van der Waals surface area contributed by atoms with Gasteiger partial charge < -0.3 is 0 Å². The van der Waals surface area contributed by atoms with E-state index in [9.17, 15) is 4.79 Å². The summed E-state index contributed by atoms with van der Waals surface area (Å²) >= 11 is 4.69. The van der Waals surface area contributed by atoms with Crippen LogP contribution in [0.5, 0.6) is 0 Å². The van der Waals surface area contributed by atoms with Crippen LogP contribution in [0, 0.1) is 11.3 Å². The van der Waals surface area contributed by atoms with Crippen molar-refractivity contribution in [1.82, 2.24) is 9.97 Å². The van der Waals surface area contributed by atoms with Gasteiger partial charge in [0.2, 0.25) is 0 Å². The summed E-state index contributed by atoms with van der Waals surface area (Å²) in [6, 6.07) is 12.5. The van der Waals surface area contributed by atoms with Crippen molar-refractivity contribution in [3.05, 3.63) is 47.5 Å². The van der Waals surface area contributed by atoms with Crippen molar-refractivity contribution in [2.75, 3.05) is 11.6 Å². The lowest BCUT2D eigenvalue weighted by atomic mass is 10.1. The Morgan fingerprint density at radius 2 is 1.92 bits per heavy atom. The molecule has 0 atom stereocenters. The van der Waals surface area contributed by atoms with Crippen LogP contribution in [0.3, 0.4) is 0 Å². The largest absolute Gasteiger partial charge is 0.298 e. The van der Waals surface area contributed by atoms with Gasteiger partial charge in [0.15, 0.2) is 9.47 Å². The van der Waals surface area contributed by atoms with Crippen LogP contribution >= 0.6 is 34.4 Å². The number of nitrogens with zero attached hydrogens (tertiary/aromatic N) is 3. The molecule has 0 aliphatic rings. The summed E-state index contributed by atoms with van der Waals surface area (Å²) < 4.78 is 3.12. The van der Waals surface area contributed by atoms with Crippen LogP contribution in [0.1, 0.15) is 15.9 Å². The van der Waals surface area contributed by atoms with Crippen LogP contribution in [-0.2, 0) is 0 Å². The first-order valence-electron chi connectivity index (χ1n) is 7.23. The summed E-state index contributed by atoms with van der Waals surface area (Å²) in [5.74, 6) is -0.276. The van der Waals surface area contributed by atoms with Gasteiger partial charge in [-0.15, -0.1) is 11.3 Å². The molecule has 0 spiro atoms. The molecule has 2 aromatic carbocycles. The van der Waals surface area contributed by atoms with E-state index in [1.807, 2.05) is 24.5 Å². The van der Waals surface area contributed by atoms with E-state index in [1.54, 1.807) is 47.4 Å². The summed E-state index contributed by atoms with van der Waals surface area (Å²) in [6.45, 7) is 0. The van der Waals surface area contributed by atoms with E-state index in [2.05, 4.69) is 15.3 Å². The second-order valence-electron chi connectivity index (χ2n) is 5.11. The maximum Gasteiger partial charge on any atom is 0.257 e. The first kappa shape index (κ1) is 16.0. The van der Waals surface area contributed by atoms with Crippen LogP contribution in [0.25, 0.3) is 20.4 Å². The van der Waals surface area contributed by atoms with Gasteiger partial charge in [-0.1, -0.05) is 29.2 Å². The normalized spacial score (nSPS) is 10.9. The van der Waals surface area contributed by atoms with E-state index < -0.39 is 0 Å². The molecule has 0 saturated heterocycles. The molecule has 1 N–H and O–H groups in total.